The molecule has 0 fully saturated rings. The van der Waals surface area contributed by atoms with Crippen molar-refractivity contribution in [3.05, 3.63) is 0 Å². The Hall–Kier alpha value is -0.240. The van der Waals surface area contributed by atoms with E-state index in [9.17, 15) is 0 Å². The predicted molar refractivity (Wildman–Crippen MR) is 52.6 cm³/mol. The maximum absolute atomic E-state index is 9.17. The molecule has 0 aromatic carbocycles. The zero-order valence-corrected chi connectivity index (χ0v) is 8.96. The third kappa shape index (κ3) is 10.1. The largest absolute Gasteiger partial charge is 0.394 e. The van der Waals surface area contributed by atoms with Gasteiger partial charge in [0, 0.05) is 7.11 Å². The van der Waals surface area contributed by atoms with Gasteiger partial charge in [-0.25, -0.2) is 0 Å². The maximum atomic E-state index is 9.17. The molecule has 0 rings (SSSR count). The number of hydrogen-bond acceptors (Lipinski definition) is 6. The van der Waals surface area contributed by atoms with Gasteiger partial charge in [0.15, 0.2) is 0 Å². The predicted octanol–water partition coefficient (Wildman–Crippen LogP) is -1.62. The number of hydrogen-bond donors (Lipinski definition) is 3. The fourth-order valence-electron chi connectivity index (χ4n) is 0.850. The van der Waals surface area contributed by atoms with E-state index in [1.807, 2.05) is 0 Å². The molecule has 2 atom stereocenters. The van der Waals surface area contributed by atoms with Gasteiger partial charge in [0.1, 0.15) is 12.2 Å². The van der Waals surface area contributed by atoms with E-state index in [1.165, 1.54) is 7.11 Å². The molecule has 92 valence electrons. The molecule has 15 heavy (non-hydrogen) atoms. The number of methoxy groups -OCH3 is 1. The van der Waals surface area contributed by atoms with Crippen LogP contribution >= 0.6 is 0 Å². The van der Waals surface area contributed by atoms with E-state index in [-0.39, 0.29) is 26.4 Å². The molecular weight excluding hydrogens is 204 g/mol. The molecule has 0 radical (unpaired) electrons. The lowest BCUT2D eigenvalue weighted by molar-refractivity contribution is -0.0394. The quantitative estimate of drug-likeness (QED) is 0.387. The van der Waals surface area contributed by atoms with Crippen molar-refractivity contribution < 1.29 is 29.5 Å². The van der Waals surface area contributed by atoms with E-state index in [0.29, 0.717) is 13.2 Å². The Morgan fingerprint density at radius 3 is 1.93 bits per heavy atom. The zero-order chi connectivity index (χ0) is 11.5. The Labute approximate surface area is 89.4 Å². The summed E-state index contributed by atoms with van der Waals surface area (Å²) in [6.45, 7) is 0.855. The summed E-state index contributed by atoms with van der Waals surface area (Å²) in [4.78, 5) is 0. The molecular formula is C9H20O6. The van der Waals surface area contributed by atoms with E-state index in [2.05, 4.69) is 0 Å². The van der Waals surface area contributed by atoms with Crippen molar-refractivity contribution in [1.82, 2.24) is 0 Å². The average molecular weight is 224 g/mol. The van der Waals surface area contributed by atoms with Crippen molar-refractivity contribution in [3.8, 4) is 0 Å². The molecule has 0 aliphatic carbocycles. The highest BCUT2D eigenvalue weighted by atomic mass is 16.5. The zero-order valence-electron chi connectivity index (χ0n) is 8.96. The molecule has 0 spiro atoms. The molecule has 0 saturated heterocycles. The van der Waals surface area contributed by atoms with Crippen LogP contribution in [0.5, 0.6) is 0 Å². The van der Waals surface area contributed by atoms with E-state index < -0.39 is 12.2 Å². The molecule has 0 saturated carbocycles. The second kappa shape index (κ2) is 10.3. The van der Waals surface area contributed by atoms with Crippen LogP contribution in [0.4, 0.5) is 0 Å². The molecule has 6 heteroatoms. The van der Waals surface area contributed by atoms with Gasteiger partial charge in [-0.3, -0.25) is 0 Å². The van der Waals surface area contributed by atoms with Gasteiger partial charge in [0.25, 0.3) is 0 Å². The average Bonchev–Trinajstić information content (AvgIpc) is 2.23. The second-order valence-corrected chi connectivity index (χ2v) is 3.10. The second-order valence-electron chi connectivity index (χ2n) is 3.10. The smallest absolute Gasteiger partial charge is 0.101 e. The summed E-state index contributed by atoms with van der Waals surface area (Å²) in [5.74, 6) is 0. The summed E-state index contributed by atoms with van der Waals surface area (Å²) >= 11 is 0. The summed E-state index contributed by atoms with van der Waals surface area (Å²) in [5, 5.41) is 26.5. The Balaban J connectivity index is 3.11. The minimum Gasteiger partial charge on any atom is -0.394 e. The van der Waals surface area contributed by atoms with Crippen LogP contribution in [-0.2, 0) is 14.2 Å². The molecule has 0 heterocycles. The maximum Gasteiger partial charge on any atom is 0.101 e. The first-order chi connectivity index (χ1) is 7.20. The van der Waals surface area contributed by atoms with Gasteiger partial charge in [-0.2, -0.15) is 0 Å². The SMILES string of the molecule is COCC(O)COCCOCC(O)CO. The summed E-state index contributed by atoms with van der Waals surface area (Å²) in [6.07, 6.45) is -1.47. The van der Waals surface area contributed by atoms with Crippen molar-refractivity contribution in [2.45, 2.75) is 12.2 Å². The van der Waals surface area contributed by atoms with Crippen molar-refractivity contribution in [2.75, 3.05) is 46.8 Å². The summed E-state index contributed by atoms with van der Waals surface area (Å²) in [5.41, 5.74) is 0. The molecule has 0 aromatic rings. The van der Waals surface area contributed by atoms with Crippen LogP contribution in [0.25, 0.3) is 0 Å². The Morgan fingerprint density at radius 2 is 1.47 bits per heavy atom. The van der Waals surface area contributed by atoms with Crippen molar-refractivity contribution in [1.29, 1.82) is 0 Å². The third-order valence-corrected chi connectivity index (χ3v) is 1.56. The van der Waals surface area contributed by atoms with Gasteiger partial charge in [0.05, 0.1) is 39.6 Å². The van der Waals surface area contributed by atoms with Crippen LogP contribution < -0.4 is 0 Å². The molecule has 0 aliphatic rings. The van der Waals surface area contributed by atoms with Crippen molar-refractivity contribution >= 4 is 0 Å². The molecule has 0 aromatic heterocycles. The van der Waals surface area contributed by atoms with Gasteiger partial charge in [-0.1, -0.05) is 0 Å². The van der Waals surface area contributed by atoms with E-state index in [0.717, 1.165) is 0 Å². The Kier molecular flexibility index (Phi) is 10.1. The number of ether oxygens (including phenoxy) is 3. The summed E-state index contributed by atoms with van der Waals surface area (Å²) < 4.78 is 14.8. The van der Waals surface area contributed by atoms with Gasteiger partial charge in [-0.15, -0.1) is 0 Å². The van der Waals surface area contributed by atoms with Crippen LogP contribution in [0.1, 0.15) is 0 Å². The first kappa shape index (κ1) is 14.8. The summed E-state index contributed by atoms with van der Waals surface area (Å²) in [7, 11) is 1.50. The van der Waals surface area contributed by atoms with Gasteiger partial charge in [-0.05, 0) is 0 Å². The Bertz CT molecular complexity index is 132. The monoisotopic (exact) mass is 224 g/mol. The highest BCUT2D eigenvalue weighted by Crippen LogP contribution is 1.88. The number of aliphatic hydroxyl groups excluding tert-OH is 3. The lowest BCUT2D eigenvalue weighted by Gasteiger charge is -2.11. The minimum absolute atomic E-state index is 0.0838. The fourth-order valence-corrected chi connectivity index (χ4v) is 0.850. The number of aliphatic hydroxyl groups is 3. The molecule has 0 bridgehead atoms. The number of rotatable bonds is 10. The summed E-state index contributed by atoms with van der Waals surface area (Å²) in [6, 6.07) is 0. The van der Waals surface area contributed by atoms with Crippen LogP contribution in [0.15, 0.2) is 0 Å². The van der Waals surface area contributed by atoms with Gasteiger partial charge in [0.2, 0.25) is 0 Å². The molecule has 6 nitrogen and oxygen atoms in total. The van der Waals surface area contributed by atoms with Crippen LogP contribution in [-0.4, -0.2) is 74.3 Å². The van der Waals surface area contributed by atoms with E-state index in [4.69, 9.17) is 29.5 Å². The van der Waals surface area contributed by atoms with Gasteiger partial charge < -0.3 is 29.5 Å². The lowest BCUT2D eigenvalue weighted by atomic mass is 10.4. The topological polar surface area (TPSA) is 88.4 Å². The van der Waals surface area contributed by atoms with E-state index in [1.54, 1.807) is 0 Å². The first-order valence-corrected chi connectivity index (χ1v) is 4.82. The minimum atomic E-state index is -0.843. The van der Waals surface area contributed by atoms with Gasteiger partial charge >= 0.3 is 0 Å². The van der Waals surface area contributed by atoms with Crippen molar-refractivity contribution in [3.63, 3.8) is 0 Å². The standard InChI is InChI=1S/C9H20O6/c1-13-5-9(12)7-15-3-2-14-6-8(11)4-10/h8-12H,2-7H2,1H3. The van der Waals surface area contributed by atoms with Crippen LogP contribution in [0.2, 0.25) is 0 Å². The highest BCUT2D eigenvalue weighted by Gasteiger charge is 2.03. The Morgan fingerprint density at radius 1 is 0.933 bits per heavy atom. The third-order valence-electron chi connectivity index (χ3n) is 1.56. The molecule has 0 amide bonds. The van der Waals surface area contributed by atoms with Crippen LogP contribution in [0, 0.1) is 0 Å². The molecule has 3 N–H and O–H groups in total. The van der Waals surface area contributed by atoms with E-state index >= 15 is 0 Å². The van der Waals surface area contributed by atoms with Crippen LogP contribution in [0.3, 0.4) is 0 Å². The molecule has 2 unspecified atom stereocenters. The normalized spacial score (nSPS) is 15.2. The fraction of sp³-hybridized carbons (Fsp3) is 1.00. The van der Waals surface area contributed by atoms with Crippen molar-refractivity contribution in [2.24, 2.45) is 0 Å². The highest BCUT2D eigenvalue weighted by molar-refractivity contribution is 4.51. The first-order valence-electron chi connectivity index (χ1n) is 4.82. The lowest BCUT2D eigenvalue weighted by Crippen LogP contribution is -2.23. The molecule has 0 aliphatic heterocycles.